The summed E-state index contributed by atoms with van der Waals surface area (Å²) in [5.41, 5.74) is 4.69. The molecule has 2 heterocycles. The summed E-state index contributed by atoms with van der Waals surface area (Å²) < 4.78 is 0. The second-order valence-corrected chi connectivity index (χ2v) is 5.66. The van der Waals surface area contributed by atoms with Crippen molar-refractivity contribution in [2.24, 2.45) is 5.41 Å². The average molecular weight is 239 g/mol. The Labute approximate surface area is 106 Å². The molecule has 0 bridgehead atoms. The van der Waals surface area contributed by atoms with Gasteiger partial charge >= 0.3 is 0 Å². The molecule has 18 heavy (non-hydrogen) atoms. The van der Waals surface area contributed by atoms with Crippen LogP contribution in [0.1, 0.15) is 24.0 Å². The van der Waals surface area contributed by atoms with Crippen LogP contribution >= 0.6 is 0 Å². The number of benzene rings is 1. The van der Waals surface area contributed by atoms with Crippen LogP contribution in [0, 0.1) is 10.8 Å². The van der Waals surface area contributed by atoms with E-state index in [2.05, 4.69) is 28.5 Å². The van der Waals surface area contributed by atoms with Gasteiger partial charge in [-0.25, -0.2) is 0 Å². The summed E-state index contributed by atoms with van der Waals surface area (Å²) in [4.78, 5) is 3.25. The van der Waals surface area contributed by atoms with Gasteiger partial charge in [-0.3, -0.25) is 0 Å². The molecule has 1 aliphatic carbocycles. The SMILES string of the molecule is N=C1c2cc3[nH]ccc3cc2CC12CCNCC2. The highest BCUT2D eigenvalue weighted by Crippen LogP contribution is 2.44. The molecule has 0 amide bonds. The summed E-state index contributed by atoms with van der Waals surface area (Å²) in [6.07, 6.45) is 5.25. The molecule has 3 nitrogen and oxygen atoms in total. The number of aromatic nitrogens is 1. The summed E-state index contributed by atoms with van der Waals surface area (Å²) in [6, 6.07) is 6.56. The number of H-pyrrole nitrogens is 1. The van der Waals surface area contributed by atoms with Crippen LogP contribution in [0.25, 0.3) is 10.9 Å². The molecular formula is C15H17N3. The molecule has 2 aliphatic rings. The van der Waals surface area contributed by atoms with Crippen LogP contribution < -0.4 is 5.32 Å². The Morgan fingerprint density at radius 3 is 2.83 bits per heavy atom. The van der Waals surface area contributed by atoms with Crippen LogP contribution in [0.15, 0.2) is 24.4 Å². The van der Waals surface area contributed by atoms with Crippen LogP contribution in [0.5, 0.6) is 0 Å². The zero-order valence-electron chi connectivity index (χ0n) is 10.3. The molecule has 0 radical (unpaired) electrons. The van der Waals surface area contributed by atoms with Gasteiger partial charge in [0, 0.05) is 28.4 Å². The van der Waals surface area contributed by atoms with Crippen molar-refractivity contribution in [1.82, 2.24) is 10.3 Å². The van der Waals surface area contributed by atoms with Crippen LogP contribution in [0.3, 0.4) is 0 Å². The summed E-state index contributed by atoms with van der Waals surface area (Å²) in [7, 11) is 0. The molecule has 3 N–H and O–H groups in total. The van der Waals surface area contributed by atoms with Crippen LogP contribution in [-0.2, 0) is 6.42 Å². The monoisotopic (exact) mass is 239 g/mol. The summed E-state index contributed by atoms with van der Waals surface area (Å²) >= 11 is 0. The Kier molecular flexibility index (Phi) is 1.98. The summed E-state index contributed by atoms with van der Waals surface area (Å²) in [5.74, 6) is 0. The van der Waals surface area contributed by atoms with Gasteiger partial charge in [0.05, 0.1) is 0 Å². The van der Waals surface area contributed by atoms with Gasteiger partial charge in [-0.15, -0.1) is 0 Å². The number of piperidine rings is 1. The van der Waals surface area contributed by atoms with Crippen LogP contribution in [0.4, 0.5) is 0 Å². The third-order valence-electron chi connectivity index (χ3n) is 4.67. The number of hydrogen-bond acceptors (Lipinski definition) is 2. The lowest BCUT2D eigenvalue weighted by molar-refractivity contribution is 0.305. The molecule has 1 aliphatic heterocycles. The normalized spacial score (nSPS) is 21.7. The maximum absolute atomic E-state index is 8.56. The Hall–Kier alpha value is -1.61. The topological polar surface area (TPSA) is 51.7 Å². The minimum atomic E-state index is 0.117. The molecule has 0 atom stereocenters. The molecule has 0 unspecified atom stereocenters. The van der Waals surface area contributed by atoms with Gasteiger partial charge in [-0.05, 0) is 61.5 Å². The van der Waals surface area contributed by atoms with E-state index in [0.717, 1.165) is 43.6 Å². The molecule has 1 spiro atoms. The van der Waals surface area contributed by atoms with Crippen LogP contribution in [-0.4, -0.2) is 23.8 Å². The van der Waals surface area contributed by atoms with Crippen molar-refractivity contribution in [2.75, 3.05) is 13.1 Å². The van der Waals surface area contributed by atoms with Gasteiger partial charge in [0.1, 0.15) is 0 Å². The molecule has 92 valence electrons. The second kappa shape index (κ2) is 3.45. The van der Waals surface area contributed by atoms with Crippen molar-refractivity contribution >= 4 is 16.6 Å². The van der Waals surface area contributed by atoms with E-state index in [0.29, 0.717) is 0 Å². The van der Waals surface area contributed by atoms with Crippen molar-refractivity contribution in [3.05, 3.63) is 35.5 Å². The van der Waals surface area contributed by atoms with E-state index < -0.39 is 0 Å². The maximum Gasteiger partial charge on any atom is 0.0460 e. The number of aromatic amines is 1. The van der Waals surface area contributed by atoms with Crippen molar-refractivity contribution in [2.45, 2.75) is 19.3 Å². The molecule has 3 heteroatoms. The van der Waals surface area contributed by atoms with Gasteiger partial charge in [-0.2, -0.15) is 0 Å². The van der Waals surface area contributed by atoms with Crippen molar-refractivity contribution in [1.29, 1.82) is 5.41 Å². The van der Waals surface area contributed by atoms with Gasteiger partial charge < -0.3 is 15.7 Å². The largest absolute Gasteiger partial charge is 0.361 e. The smallest absolute Gasteiger partial charge is 0.0460 e. The standard InChI is InChI=1S/C15H17N3/c16-14-12-8-13-10(1-4-18-13)7-11(12)9-15(14)2-5-17-6-3-15/h1,4,7-8,16-18H,2-3,5-6,9H2. The number of hydrogen-bond donors (Lipinski definition) is 3. The van der Waals surface area contributed by atoms with E-state index in [-0.39, 0.29) is 5.41 Å². The number of nitrogens with one attached hydrogen (secondary N) is 3. The molecule has 1 aromatic heterocycles. The van der Waals surface area contributed by atoms with E-state index in [4.69, 9.17) is 5.41 Å². The number of rotatable bonds is 0. The first-order valence-corrected chi connectivity index (χ1v) is 6.69. The highest BCUT2D eigenvalue weighted by molar-refractivity contribution is 6.09. The first kappa shape index (κ1) is 10.3. The third kappa shape index (κ3) is 1.25. The van der Waals surface area contributed by atoms with Crippen molar-refractivity contribution < 1.29 is 0 Å². The van der Waals surface area contributed by atoms with Crippen molar-refractivity contribution in [3.63, 3.8) is 0 Å². The van der Waals surface area contributed by atoms with E-state index >= 15 is 0 Å². The molecule has 1 fully saturated rings. The molecule has 2 aromatic rings. The van der Waals surface area contributed by atoms with E-state index in [1.54, 1.807) is 0 Å². The van der Waals surface area contributed by atoms with Gasteiger partial charge in [0.15, 0.2) is 0 Å². The molecule has 4 rings (SSSR count). The van der Waals surface area contributed by atoms with Crippen LogP contribution in [0.2, 0.25) is 0 Å². The fourth-order valence-electron chi connectivity index (χ4n) is 3.60. The number of fused-ring (bicyclic) bond motifs is 2. The quantitative estimate of drug-likeness (QED) is 0.650. The summed E-state index contributed by atoms with van der Waals surface area (Å²) in [6.45, 7) is 2.10. The molecule has 0 saturated carbocycles. The second-order valence-electron chi connectivity index (χ2n) is 5.66. The molecule has 1 aromatic carbocycles. The Morgan fingerprint density at radius 1 is 1.17 bits per heavy atom. The fourth-order valence-corrected chi connectivity index (χ4v) is 3.60. The Balaban J connectivity index is 1.85. The lowest BCUT2D eigenvalue weighted by Gasteiger charge is -2.33. The van der Waals surface area contributed by atoms with Gasteiger partial charge in [0.2, 0.25) is 0 Å². The van der Waals surface area contributed by atoms with Crippen molar-refractivity contribution in [3.8, 4) is 0 Å². The van der Waals surface area contributed by atoms with E-state index in [1.807, 2.05) is 6.20 Å². The van der Waals surface area contributed by atoms with E-state index in [1.165, 1.54) is 16.5 Å². The minimum Gasteiger partial charge on any atom is -0.361 e. The summed E-state index contributed by atoms with van der Waals surface area (Å²) in [5, 5.41) is 13.2. The first-order valence-electron chi connectivity index (χ1n) is 6.69. The Morgan fingerprint density at radius 2 is 2.00 bits per heavy atom. The maximum atomic E-state index is 8.56. The predicted octanol–water partition coefficient (Wildman–Crippen LogP) is 2.46. The average Bonchev–Trinajstić information content (AvgIpc) is 2.93. The lowest BCUT2D eigenvalue weighted by Crippen LogP contribution is -2.40. The predicted molar refractivity (Wildman–Crippen MR) is 73.4 cm³/mol. The Bertz CT molecular complexity index is 632. The molecule has 1 saturated heterocycles. The van der Waals surface area contributed by atoms with Gasteiger partial charge in [-0.1, -0.05) is 0 Å². The first-order chi connectivity index (χ1) is 8.78. The van der Waals surface area contributed by atoms with E-state index in [9.17, 15) is 0 Å². The highest BCUT2D eigenvalue weighted by atomic mass is 14.9. The third-order valence-corrected chi connectivity index (χ3v) is 4.67. The minimum absolute atomic E-state index is 0.117. The zero-order valence-corrected chi connectivity index (χ0v) is 10.3. The van der Waals surface area contributed by atoms with Gasteiger partial charge in [0.25, 0.3) is 0 Å². The zero-order chi connectivity index (χ0) is 12.2. The fraction of sp³-hybridized carbons (Fsp3) is 0.400. The highest BCUT2D eigenvalue weighted by Gasteiger charge is 2.43. The lowest BCUT2D eigenvalue weighted by atomic mass is 9.75. The molecular weight excluding hydrogens is 222 g/mol.